The summed E-state index contributed by atoms with van der Waals surface area (Å²) in [5.74, 6) is -0.175. The Morgan fingerprint density at radius 2 is 2.00 bits per heavy atom. The van der Waals surface area contributed by atoms with Gasteiger partial charge in [0.15, 0.2) is 0 Å². The predicted octanol–water partition coefficient (Wildman–Crippen LogP) is 3.08. The Hall–Kier alpha value is -0.790. The Balaban J connectivity index is 2.99. The van der Waals surface area contributed by atoms with E-state index in [1.54, 1.807) is 0 Å². The first kappa shape index (κ1) is 12.2. The van der Waals surface area contributed by atoms with Gasteiger partial charge in [-0.3, -0.25) is 4.79 Å². The van der Waals surface area contributed by atoms with Gasteiger partial charge in [-0.25, -0.2) is 0 Å². The molecule has 0 N–H and O–H groups in total. The SMILES string of the molecule is CC/C=C\CCCCCOC(C)=O. The molecular formula is C11H20O2. The number of esters is 1. The zero-order valence-corrected chi connectivity index (χ0v) is 8.71. The summed E-state index contributed by atoms with van der Waals surface area (Å²) in [7, 11) is 0. The molecule has 0 aromatic heterocycles. The first-order chi connectivity index (χ1) is 6.27. The smallest absolute Gasteiger partial charge is 0.302 e. The molecule has 0 aromatic carbocycles. The third-order valence-electron chi connectivity index (χ3n) is 1.72. The zero-order valence-electron chi connectivity index (χ0n) is 8.71. The summed E-state index contributed by atoms with van der Waals surface area (Å²) in [6.07, 6.45) is 9.98. The fraction of sp³-hybridized carbons (Fsp3) is 0.727. The minimum Gasteiger partial charge on any atom is -0.466 e. The molecule has 76 valence electrons. The van der Waals surface area contributed by atoms with Crippen LogP contribution >= 0.6 is 0 Å². The molecule has 2 nitrogen and oxygen atoms in total. The van der Waals surface area contributed by atoms with Gasteiger partial charge in [0.05, 0.1) is 6.61 Å². The van der Waals surface area contributed by atoms with Crippen LogP contribution < -0.4 is 0 Å². The Morgan fingerprint density at radius 1 is 1.23 bits per heavy atom. The lowest BCUT2D eigenvalue weighted by atomic mass is 10.2. The maximum Gasteiger partial charge on any atom is 0.302 e. The maximum atomic E-state index is 10.4. The Morgan fingerprint density at radius 3 is 2.62 bits per heavy atom. The van der Waals surface area contributed by atoms with Crippen LogP contribution in [0.15, 0.2) is 12.2 Å². The van der Waals surface area contributed by atoms with Crippen molar-refractivity contribution in [3.8, 4) is 0 Å². The molecule has 2 heteroatoms. The van der Waals surface area contributed by atoms with E-state index in [-0.39, 0.29) is 5.97 Å². The van der Waals surface area contributed by atoms with E-state index in [0.29, 0.717) is 6.61 Å². The summed E-state index contributed by atoms with van der Waals surface area (Å²) >= 11 is 0. The molecule has 0 spiro atoms. The van der Waals surface area contributed by atoms with Gasteiger partial charge in [-0.1, -0.05) is 19.1 Å². The molecule has 0 aliphatic rings. The van der Waals surface area contributed by atoms with Crippen LogP contribution in [-0.2, 0) is 9.53 Å². The number of hydrogen-bond donors (Lipinski definition) is 0. The average Bonchev–Trinajstić information content (AvgIpc) is 2.09. The van der Waals surface area contributed by atoms with Crippen LogP contribution in [0.1, 0.15) is 46.0 Å². The van der Waals surface area contributed by atoms with Crippen molar-refractivity contribution in [1.82, 2.24) is 0 Å². The number of carbonyl (C=O) groups is 1. The van der Waals surface area contributed by atoms with Gasteiger partial charge in [0, 0.05) is 6.92 Å². The molecule has 0 unspecified atom stereocenters. The Bertz CT molecular complexity index is 150. The lowest BCUT2D eigenvalue weighted by Crippen LogP contribution is -1.99. The highest BCUT2D eigenvalue weighted by Crippen LogP contribution is 2.01. The topological polar surface area (TPSA) is 26.3 Å². The van der Waals surface area contributed by atoms with E-state index in [0.717, 1.165) is 25.7 Å². The van der Waals surface area contributed by atoms with Crippen LogP contribution in [0, 0.1) is 0 Å². The standard InChI is InChI=1S/C11H20O2/c1-3-4-5-6-7-8-9-10-13-11(2)12/h4-5H,3,6-10H2,1-2H3/b5-4-. The van der Waals surface area contributed by atoms with E-state index in [1.807, 2.05) is 0 Å². The van der Waals surface area contributed by atoms with E-state index in [1.165, 1.54) is 13.3 Å². The quantitative estimate of drug-likeness (QED) is 0.345. The minimum absolute atomic E-state index is 0.175. The van der Waals surface area contributed by atoms with Gasteiger partial charge in [0.1, 0.15) is 0 Å². The summed E-state index contributed by atoms with van der Waals surface area (Å²) < 4.78 is 4.81. The molecule has 0 aliphatic carbocycles. The van der Waals surface area contributed by atoms with E-state index in [9.17, 15) is 4.79 Å². The van der Waals surface area contributed by atoms with E-state index >= 15 is 0 Å². The van der Waals surface area contributed by atoms with Crippen molar-refractivity contribution in [3.05, 3.63) is 12.2 Å². The van der Waals surface area contributed by atoms with Gasteiger partial charge in [0.2, 0.25) is 0 Å². The van der Waals surface area contributed by atoms with Crippen molar-refractivity contribution in [1.29, 1.82) is 0 Å². The molecule has 0 radical (unpaired) electrons. The molecule has 0 atom stereocenters. The summed E-state index contributed by atoms with van der Waals surface area (Å²) in [6, 6.07) is 0. The molecule has 0 fully saturated rings. The van der Waals surface area contributed by atoms with Crippen molar-refractivity contribution >= 4 is 5.97 Å². The number of hydrogen-bond acceptors (Lipinski definition) is 2. The largest absolute Gasteiger partial charge is 0.466 e. The van der Waals surface area contributed by atoms with Crippen molar-refractivity contribution in [2.75, 3.05) is 6.61 Å². The van der Waals surface area contributed by atoms with Crippen LogP contribution in [0.3, 0.4) is 0 Å². The van der Waals surface area contributed by atoms with E-state index in [4.69, 9.17) is 4.74 Å². The van der Waals surface area contributed by atoms with Crippen LogP contribution in [0.4, 0.5) is 0 Å². The van der Waals surface area contributed by atoms with Crippen LogP contribution in [0.5, 0.6) is 0 Å². The van der Waals surface area contributed by atoms with E-state index in [2.05, 4.69) is 19.1 Å². The molecule has 0 aromatic rings. The molecule has 0 rings (SSSR count). The minimum atomic E-state index is -0.175. The highest BCUT2D eigenvalue weighted by atomic mass is 16.5. The number of unbranched alkanes of at least 4 members (excludes halogenated alkanes) is 3. The molecule has 0 heterocycles. The lowest BCUT2D eigenvalue weighted by molar-refractivity contribution is -0.141. The zero-order chi connectivity index (χ0) is 9.94. The van der Waals surface area contributed by atoms with Gasteiger partial charge in [-0.05, 0) is 32.1 Å². The number of carbonyl (C=O) groups excluding carboxylic acids is 1. The number of rotatable bonds is 7. The summed E-state index contributed by atoms with van der Waals surface area (Å²) in [4.78, 5) is 10.4. The fourth-order valence-corrected chi connectivity index (χ4v) is 1.04. The van der Waals surface area contributed by atoms with Crippen molar-refractivity contribution in [2.24, 2.45) is 0 Å². The summed E-state index contributed by atoms with van der Waals surface area (Å²) in [5, 5.41) is 0. The first-order valence-electron chi connectivity index (χ1n) is 5.05. The van der Waals surface area contributed by atoms with E-state index < -0.39 is 0 Å². The van der Waals surface area contributed by atoms with Crippen LogP contribution in [0.25, 0.3) is 0 Å². The second kappa shape index (κ2) is 9.30. The lowest BCUT2D eigenvalue weighted by Gasteiger charge is -2.00. The maximum absolute atomic E-state index is 10.4. The number of ether oxygens (including phenoxy) is 1. The van der Waals surface area contributed by atoms with Crippen LogP contribution in [-0.4, -0.2) is 12.6 Å². The monoisotopic (exact) mass is 184 g/mol. The second-order valence-electron chi connectivity index (χ2n) is 3.07. The molecule has 0 amide bonds. The normalized spacial score (nSPS) is 10.6. The summed E-state index contributed by atoms with van der Waals surface area (Å²) in [6.45, 7) is 4.16. The Labute approximate surface area is 81.0 Å². The highest BCUT2D eigenvalue weighted by Gasteiger charge is 1.91. The number of allylic oxidation sites excluding steroid dienone is 2. The van der Waals surface area contributed by atoms with Gasteiger partial charge < -0.3 is 4.74 Å². The fourth-order valence-electron chi connectivity index (χ4n) is 1.04. The highest BCUT2D eigenvalue weighted by molar-refractivity contribution is 5.65. The molecular weight excluding hydrogens is 164 g/mol. The molecule has 0 saturated carbocycles. The molecule has 0 bridgehead atoms. The third kappa shape index (κ3) is 11.2. The van der Waals surface area contributed by atoms with Gasteiger partial charge in [-0.15, -0.1) is 0 Å². The first-order valence-corrected chi connectivity index (χ1v) is 5.05. The average molecular weight is 184 g/mol. The van der Waals surface area contributed by atoms with Gasteiger partial charge in [-0.2, -0.15) is 0 Å². The second-order valence-corrected chi connectivity index (χ2v) is 3.07. The molecule has 0 saturated heterocycles. The Kier molecular flexibility index (Phi) is 8.73. The van der Waals surface area contributed by atoms with Crippen molar-refractivity contribution < 1.29 is 9.53 Å². The van der Waals surface area contributed by atoms with Crippen LogP contribution in [0.2, 0.25) is 0 Å². The van der Waals surface area contributed by atoms with Crippen molar-refractivity contribution in [2.45, 2.75) is 46.0 Å². The van der Waals surface area contributed by atoms with Gasteiger partial charge in [0.25, 0.3) is 0 Å². The van der Waals surface area contributed by atoms with Gasteiger partial charge >= 0.3 is 5.97 Å². The summed E-state index contributed by atoms with van der Waals surface area (Å²) in [5.41, 5.74) is 0. The predicted molar refractivity (Wildman–Crippen MR) is 54.5 cm³/mol. The van der Waals surface area contributed by atoms with Crippen molar-refractivity contribution in [3.63, 3.8) is 0 Å². The molecule has 0 aliphatic heterocycles. The third-order valence-corrected chi connectivity index (χ3v) is 1.72. The molecule has 13 heavy (non-hydrogen) atoms.